The first kappa shape index (κ1) is 14.9. The van der Waals surface area contributed by atoms with Gasteiger partial charge in [0, 0.05) is 12.1 Å². The van der Waals surface area contributed by atoms with Gasteiger partial charge in [-0.25, -0.2) is 0 Å². The molecule has 0 fully saturated rings. The van der Waals surface area contributed by atoms with E-state index in [2.05, 4.69) is 11.6 Å². The van der Waals surface area contributed by atoms with Crippen molar-refractivity contribution < 1.29 is 9.90 Å². The van der Waals surface area contributed by atoms with Crippen molar-refractivity contribution in [2.75, 3.05) is 18.6 Å². The molecule has 0 aliphatic carbocycles. The summed E-state index contributed by atoms with van der Waals surface area (Å²) in [5.74, 6) is 1.33. The number of thioether (sulfide) groups is 1. The number of hydrogen-bond donors (Lipinski definition) is 2. The Morgan fingerprint density at radius 1 is 1.17 bits per heavy atom. The summed E-state index contributed by atoms with van der Waals surface area (Å²) >= 11 is 1.88. The Bertz CT molecular complexity index is 351. The van der Waals surface area contributed by atoms with Crippen molar-refractivity contribution in [3.8, 4) is 5.75 Å². The summed E-state index contributed by atoms with van der Waals surface area (Å²) < 4.78 is 0. The Morgan fingerprint density at radius 2 is 1.83 bits per heavy atom. The molecule has 1 aromatic carbocycles. The lowest BCUT2D eigenvalue weighted by Crippen LogP contribution is -2.24. The molecule has 0 unspecified atom stereocenters. The Kier molecular flexibility index (Phi) is 7.34. The Balaban J connectivity index is 2.12. The monoisotopic (exact) mass is 267 g/mol. The van der Waals surface area contributed by atoms with Gasteiger partial charge < -0.3 is 10.4 Å². The van der Waals surface area contributed by atoms with Gasteiger partial charge in [0.05, 0.1) is 0 Å². The number of hydrogen-bond acceptors (Lipinski definition) is 3. The number of carbonyl (C=O) groups excluding carboxylic acids is 1. The minimum atomic E-state index is -0.0703. The third-order valence-corrected chi connectivity index (χ3v) is 3.39. The van der Waals surface area contributed by atoms with Crippen LogP contribution < -0.4 is 5.32 Å². The SMILES string of the molecule is CSCCCCCCNC(=O)c1ccc(O)cc1. The molecule has 0 radical (unpaired) electrons. The van der Waals surface area contributed by atoms with Crippen LogP contribution in [0, 0.1) is 0 Å². The standard InChI is InChI=1S/C14H21NO2S/c1-18-11-5-3-2-4-10-15-14(17)12-6-8-13(16)9-7-12/h6-9,16H,2-5,10-11H2,1H3,(H,15,17). The largest absolute Gasteiger partial charge is 0.508 e. The lowest BCUT2D eigenvalue weighted by atomic mass is 10.2. The van der Waals surface area contributed by atoms with Gasteiger partial charge in [-0.05, 0) is 49.1 Å². The van der Waals surface area contributed by atoms with E-state index in [4.69, 9.17) is 5.11 Å². The molecule has 2 N–H and O–H groups in total. The molecule has 0 aromatic heterocycles. The first-order valence-electron chi connectivity index (χ1n) is 6.30. The van der Waals surface area contributed by atoms with Crippen molar-refractivity contribution in [1.82, 2.24) is 5.32 Å². The molecule has 0 saturated heterocycles. The Morgan fingerprint density at radius 3 is 2.50 bits per heavy atom. The zero-order valence-corrected chi connectivity index (χ0v) is 11.6. The van der Waals surface area contributed by atoms with E-state index in [0.717, 1.165) is 19.4 Å². The van der Waals surface area contributed by atoms with E-state index < -0.39 is 0 Å². The normalized spacial score (nSPS) is 10.3. The van der Waals surface area contributed by atoms with E-state index in [1.807, 2.05) is 11.8 Å². The van der Waals surface area contributed by atoms with Gasteiger partial charge in [-0.2, -0.15) is 11.8 Å². The highest BCUT2D eigenvalue weighted by atomic mass is 32.2. The first-order valence-corrected chi connectivity index (χ1v) is 7.69. The van der Waals surface area contributed by atoms with E-state index in [-0.39, 0.29) is 11.7 Å². The number of carbonyl (C=O) groups is 1. The van der Waals surface area contributed by atoms with Crippen molar-refractivity contribution in [1.29, 1.82) is 0 Å². The van der Waals surface area contributed by atoms with Crippen LogP contribution in [0.4, 0.5) is 0 Å². The van der Waals surface area contributed by atoms with Gasteiger partial charge in [-0.1, -0.05) is 12.8 Å². The fraction of sp³-hybridized carbons (Fsp3) is 0.500. The summed E-state index contributed by atoms with van der Waals surface area (Å²) in [5.41, 5.74) is 0.593. The summed E-state index contributed by atoms with van der Waals surface area (Å²) in [6, 6.07) is 6.31. The minimum absolute atomic E-state index is 0.0703. The first-order chi connectivity index (χ1) is 8.74. The fourth-order valence-corrected chi connectivity index (χ4v) is 2.13. The number of phenols is 1. The highest BCUT2D eigenvalue weighted by molar-refractivity contribution is 7.98. The molecule has 1 amide bonds. The van der Waals surface area contributed by atoms with Gasteiger partial charge in [0.25, 0.3) is 5.91 Å². The predicted molar refractivity (Wildman–Crippen MR) is 77.3 cm³/mol. The third kappa shape index (κ3) is 5.96. The van der Waals surface area contributed by atoms with Crippen molar-refractivity contribution in [3.05, 3.63) is 29.8 Å². The zero-order valence-electron chi connectivity index (χ0n) is 10.8. The summed E-state index contributed by atoms with van der Waals surface area (Å²) in [6.07, 6.45) is 6.80. The molecular weight excluding hydrogens is 246 g/mol. The molecule has 0 spiro atoms. The number of aromatic hydroxyl groups is 1. The topological polar surface area (TPSA) is 49.3 Å². The smallest absolute Gasteiger partial charge is 0.251 e. The molecule has 0 atom stereocenters. The van der Waals surface area contributed by atoms with Crippen LogP contribution in [-0.4, -0.2) is 29.6 Å². The van der Waals surface area contributed by atoms with E-state index in [0.29, 0.717) is 5.56 Å². The van der Waals surface area contributed by atoms with Crippen LogP contribution in [0.3, 0.4) is 0 Å². The molecule has 1 aromatic rings. The van der Waals surface area contributed by atoms with Crippen molar-refractivity contribution in [3.63, 3.8) is 0 Å². The van der Waals surface area contributed by atoms with Crippen LogP contribution >= 0.6 is 11.8 Å². The van der Waals surface area contributed by atoms with Crippen molar-refractivity contribution in [2.45, 2.75) is 25.7 Å². The molecular formula is C14H21NO2S. The van der Waals surface area contributed by atoms with Gasteiger partial charge in [0.2, 0.25) is 0 Å². The Labute approximate surface area is 113 Å². The van der Waals surface area contributed by atoms with Gasteiger partial charge in [0.15, 0.2) is 0 Å². The second-order valence-corrected chi connectivity index (χ2v) is 5.20. The van der Waals surface area contributed by atoms with Crippen LogP contribution in [0.1, 0.15) is 36.0 Å². The van der Waals surface area contributed by atoms with E-state index in [9.17, 15) is 4.79 Å². The molecule has 0 heterocycles. The number of rotatable bonds is 8. The molecule has 1 rings (SSSR count). The predicted octanol–water partition coefficient (Wildman–Crippen LogP) is 3.05. The number of phenolic OH excluding ortho intramolecular Hbond substituents is 1. The van der Waals surface area contributed by atoms with E-state index >= 15 is 0 Å². The highest BCUT2D eigenvalue weighted by Crippen LogP contribution is 2.09. The van der Waals surface area contributed by atoms with Crippen LogP contribution in [0.2, 0.25) is 0 Å². The van der Waals surface area contributed by atoms with E-state index in [1.165, 1.54) is 30.7 Å². The van der Waals surface area contributed by atoms with Crippen molar-refractivity contribution in [2.24, 2.45) is 0 Å². The lowest BCUT2D eigenvalue weighted by molar-refractivity contribution is 0.0953. The Hall–Kier alpha value is -1.16. The molecule has 0 bridgehead atoms. The number of amides is 1. The van der Waals surface area contributed by atoms with E-state index in [1.54, 1.807) is 12.1 Å². The summed E-state index contributed by atoms with van der Waals surface area (Å²) in [7, 11) is 0. The van der Waals surface area contributed by atoms with Crippen LogP contribution in [0.25, 0.3) is 0 Å². The third-order valence-electron chi connectivity index (χ3n) is 2.69. The minimum Gasteiger partial charge on any atom is -0.508 e. The quantitative estimate of drug-likeness (QED) is 0.712. The van der Waals surface area contributed by atoms with Gasteiger partial charge in [-0.15, -0.1) is 0 Å². The number of benzene rings is 1. The lowest BCUT2D eigenvalue weighted by Gasteiger charge is -2.05. The summed E-state index contributed by atoms with van der Waals surface area (Å²) in [6.45, 7) is 0.721. The van der Waals surface area contributed by atoms with Gasteiger partial charge in [0.1, 0.15) is 5.75 Å². The number of nitrogens with one attached hydrogen (secondary N) is 1. The fourth-order valence-electron chi connectivity index (χ4n) is 1.64. The molecule has 0 aliphatic rings. The highest BCUT2D eigenvalue weighted by Gasteiger charge is 2.03. The van der Waals surface area contributed by atoms with Gasteiger partial charge in [-0.3, -0.25) is 4.79 Å². The molecule has 0 aliphatic heterocycles. The van der Waals surface area contributed by atoms with Crippen molar-refractivity contribution >= 4 is 17.7 Å². The second kappa shape index (κ2) is 8.86. The molecule has 0 saturated carbocycles. The number of unbranched alkanes of at least 4 members (excludes halogenated alkanes) is 3. The maximum absolute atomic E-state index is 11.7. The molecule has 4 heteroatoms. The maximum Gasteiger partial charge on any atom is 0.251 e. The second-order valence-electron chi connectivity index (χ2n) is 4.21. The molecule has 3 nitrogen and oxygen atoms in total. The van der Waals surface area contributed by atoms with Crippen LogP contribution in [0.15, 0.2) is 24.3 Å². The average Bonchev–Trinajstić information content (AvgIpc) is 2.38. The molecule has 100 valence electrons. The average molecular weight is 267 g/mol. The maximum atomic E-state index is 11.7. The summed E-state index contributed by atoms with van der Waals surface area (Å²) in [5, 5.41) is 12.0. The van der Waals surface area contributed by atoms with Gasteiger partial charge >= 0.3 is 0 Å². The zero-order chi connectivity index (χ0) is 13.2. The van der Waals surface area contributed by atoms with Crippen LogP contribution in [0.5, 0.6) is 5.75 Å². The summed E-state index contributed by atoms with van der Waals surface area (Å²) in [4.78, 5) is 11.7. The van der Waals surface area contributed by atoms with Crippen LogP contribution in [-0.2, 0) is 0 Å². The molecule has 18 heavy (non-hydrogen) atoms.